The average Bonchev–Trinajstić information content (AvgIpc) is 2.96. The van der Waals surface area contributed by atoms with E-state index in [1.165, 1.54) is 6.26 Å². The van der Waals surface area contributed by atoms with Gasteiger partial charge in [-0.15, -0.1) is 12.4 Å². The molecule has 1 amide bonds. The van der Waals surface area contributed by atoms with E-state index in [0.29, 0.717) is 24.2 Å². The lowest BCUT2D eigenvalue weighted by atomic mass is 9.95. The number of likely N-dealkylation sites (tertiary alicyclic amines) is 1. The van der Waals surface area contributed by atoms with Crippen LogP contribution in [0.3, 0.4) is 0 Å². The fourth-order valence-electron chi connectivity index (χ4n) is 3.28. The van der Waals surface area contributed by atoms with Gasteiger partial charge in [-0.2, -0.15) is 0 Å². The molecule has 1 fully saturated rings. The zero-order valence-electron chi connectivity index (χ0n) is 14.5. The van der Waals surface area contributed by atoms with Crippen LogP contribution in [0, 0.1) is 0 Å². The topological polar surface area (TPSA) is 80.5 Å². The van der Waals surface area contributed by atoms with Crippen LogP contribution < -0.4 is 5.73 Å². The lowest BCUT2D eigenvalue weighted by molar-refractivity contribution is 0.0789. The predicted molar refractivity (Wildman–Crippen MR) is 105 cm³/mol. The number of amides is 1. The maximum atomic E-state index is 12.7. The van der Waals surface area contributed by atoms with Gasteiger partial charge in [-0.25, -0.2) is 8.42 Å². The number of carbonyl (C=O) groups excluding carboxylic acids is 1. The third kappa shape index (κ3) is 4.84. The molecule has 7 heteroatoms. The lowest BCUT2D eigenvalue weighted by Crippen LogP contribution is -2.32. The van der Waals surface area contributed by atoms with Gasteiger partial charge in [0.15, 0.2) is 9.84 Å². The predicted octanol–water partition coefficient (Wildman–Crippen LogP) is 2.22. The Balaban J connectivity index is 0.00000243. The van der Waals surface area contributed by atoms with Crippen LogP contribution in [0.25, 0.3) is 0 Å². The molecule has 2 N–H and O–H groups in total. The van der Waals surface area contributed by atoms with E-state index in [1.807, 2.05) is 30.3 Å². The maximum Gasteiger partial charge on any atom is 0.253 e. The highest BCUT2D eigenvalue weighted by molar-refractivity contribution is 7.89. The number of carbonyl (C=O) groups is 1. The zero-order chi connectivity index (χ0) is 18.0. The normalized spacial score (nSPS) is 19.8. The number of benzene rings is 2. The molecule has 2 aromatic carbocycles. The van der Waals surface area contributed by atoms with Gasteiger partial charge in [-0.3, -0.25) is 4.79 Å². The van der Waals surface area contributed by atoms with Crippen LogP contribution in [0.5, 0.6) is 0 Å². The number of rotatable bonds is 4. The largest absolute Gasteiger partial charge is 0.336 e. The highest BCUT2D eigenvalue weighted by atomic mass is 35.5. The Morgan fingerprint density at radius 1 is 1.08 bits per heavy atom. The second-order valence-corrected chi connectivity index (χ2v) is 8.80. The highest BCUT2D eigenvalue weighted by Gasteiger charge is 2.34. The molecule has 0 aliphatic carbocycles. The molecule has 2 aromatic rings. The summed E-state index contributed by atoms with van der Waals surface area (Å²) in [6.07, 6.45) is 1.20. The first-order chi connectivity index (χ1) is 11.8. The summed E-state index contributed by atoms with van der Waals surface area (Å²) in [4.78, 5) is 14.5. The molecule has 0 saturated carbocycles. The molecule has 0 spiro atoms. The van der Waals surface area contributed by atoms with Crippen molar-refractivity contribution in [2.24, 2.45) is 5.73 Å². The molecule has 0 radical (unpaired) electrons. The van der Waals surface area contributed by atoms with Gasteiger partial charge in [-0.05, 0) is 23.3 Å². The fourth-order valence-corrected chi connectivity index (χ4v) is 4.07. The Kier molecular flexibility index (Phi) is 6.44. The maximum absolute atomic E-state index is 12.7. The van der Waals surface area contributed by atoms with Gasteiger partial charge >= 0.3 is 0 Å². The third-order valence-electron chi connectivity index (χ3n) is 4.51. The molecule has 140 valence electrons. The summed E-state index contributed by atoms with van der Waals surface area (Å²) < 4.78 is 22.7. The Labute approximate surface area is 160 Å². The van der Waals surface area contributed by atoms with E-state index in [9.17, 15) is 13.2 Å². The Morgan fingerprint density at radius 3 is 2.27 bits per heavy atom. The Hall–Kier alpha value is -1.89. The molecule has 1 aliphatic heterocycles. The fraction of sp³-hybridized carbons (Fsp3) is 0.316. The van der Waals surface area contributed by atoms with E-state index >= 15 is 0 Å². The molecule has 2 atom stereocenters. The van der Waals surface area contributed by atoms with Crippen LogP contribution in [0.4, 0.5) is 0 Å². The third-order valence-corrected chi connectivity index (χ3v) is 5.37. The molecule has 1 aliphatic rings. The van der Waals surface area contributed by atoms with Crippen LogP contribution in [-0.4, -0.2) is 44.6 Å². The smallest absolute Gasteiger partial charge is 0.253 e. The van der Waals surface area contributed by atoms with Gasteiger partial charge < -0.3 is 10.6 Å². The number of sulfone groups is 1. The van der Waals surface area contributed by atoms with E-state index in [2.05, 4.69) is 0 Å². The molecule has 1 heterocycles. The van der Waals surface area contributed by atoms with E-state index in [0.717, 1.165) is 5.56 Å². The summed E-state index contributed by atoms with van der Waals surface area (Å²) in [7, 11) is -3.08. The average molecular weight is 395 g/mol. The molecular formula is C19H23ClN2O3S. The highest BCUT2D eigenvalue weighted by Crippen LogP contribution is 2.27. The van der Waals surface area contributed by atoms with Crippen molar-refractivity contribution in [1.29, 1.82) is 0 Å². The molecule has 0 unspecified atom stereocenters. The number of nitrogens with two attached hydrogens (primary N) is 1. The van der Waals surface area contributed by atoms with E-state index in [1.54, 1.807) is 29.2 Å². The van der Waals surface area contributed by atoms with Crippen molar-refractivity contribution in [3.05, 3.63) is 71.3 Å². The van der Waals surface area contributed by atoms with Crippen LogP contribution in [0.15, 0.2) is 54.6 Å². The van der Waals surface area contributed by atoms with Crippen molar-refractivity contribution in [3.63, 3.8) is 0 Å². The monoisotopic (exact) mass is 394 g/mol. The summed E-state index contributed by atoms with van der Waals surface area (Å²) in [5.74, 6) is 0.0426. The molecule has 1 saturated heterocycles. The van der Waals surface area contributed by atoms with Crippen molar-refractivity contribution >= 4 is 28.2 Å². The van der Waals surface area contributed by atoms with Gasteiger partial charge in [0.25, 0.3) is 5.91 Å². The minimum Gasteiger partial charge on any atom is -0.336 e. The number of nitrogens with zero attached hydrogens (tertiary/aromatic N) is 1. The Morgan fingerprint density at radius 2 is 1.69 bits per heavy atom. The van der Waals surface area contributed by atoms with Crippen molar-refractivity contribution in [2.75, 3.05) is 19.3 Å². The minimum absolute atomic E-state index is 0. The first-order valence-corrected chi connectivity index (χ1v) is 10.3. The first kappa shape index (κ1) is 20.4. The van der Waals surface area contributed by atoms with Gasteiger partial charge in [0.1, 0.15) is 0 Å². The van der Waals surface area contributed by atoms with E-state index in [4.69, 9.17) is 5.73 Å². The summed E-state index contributed by atoms with van der Waals surface area (Å²) in [5.41, 5.74) is 8.63. The van der Waals surface area contributed by atoms with Gasteiger partial charge in [0, 0.05) is 36.9 Å². The van der Waals surface area contributed by atoms with Gasteiger partial charge in [0.05, 0.1) is 5.75 Å². The van der Waals surface area contributed by atoms with Crippen LogP contribution in [-0.2, 0) is 15.6 Å². The number of hydrogen-bond acceptors (Lipinski definition) is 4. The van der Waals surface area contributed by atoms with Crippen LogP contribution >= 0.6 is 12.4 Å². The van der Waals surface area contributed by atoms with Crippen LogP contribution in [0.2, 0.25) is 0 Å². The van der Waals surface area contributed by atoms with Crippen molar-refractivity contribution in [1.82, 2.24) is 4.90 Å². The van der Waals surface area contributed by atoms with Gasteiger partial charge in [0.2, 0.25) is 0 Å². The second kappa shape index (κ2) is 8.20. The van der Waals surface area contributed by atoms with Crippen molar-refractivity contribution < 1.29 is 13.2 Å². The lowest BCUT2D eigenvalue weighted by Gasteiger charge is -2.17. The zero-order valence-corrected chi connectivity index (χ0v) is 16.2. The molecule has 0 bridgehead atoms. The SMILES string of the molecule is CS(=O)(=O)Cc1ccc(C(=O)N2C[C@@H](N)[C@H](c3ccccc3)C2)cc1.Cl. The molecular weight excluding hydrogens is 372 g/mol. The first-order valence-electron chi connectivity index (χ1n) is 8.20. The molecule has 3 rings (SSSR count). The molecule has 5 nitrogen and oxygen atoms in total. The molecule has 26 heavy (non-hydrogen) atoms. The molecule has 0 aromatic heterocycles. The van der Waals surface area contributed by atoms with Crippen molar-refractivity contribution in [2.45, 2.75) is 17.7 Å². The standard InChI is InChI=1S/C19H22N2O3S.ClH/c1-25(23,24)13-14-7-9-16(10-8-14)19(22)21-11-17(18(20)12-21)15-5-3-2-4-6-15;/h2-10,17-18H,11-13,20H2,1H3;1H/t17-,18+;/m0./s1. The van der Waals surface area contributed by atoms with E-state index in [-0.39, 0.29) is 36.0 Å². The van der Waals surface area contributed by atoms with E-state index < -0.39 is 9.84 Å². The van der Waals surface area contributed by atoms with Crippen molar-refractivity contribution in [3.8, 4) is 0 Å². The number of halogens is 1. The number of hydrogen-bond donors (Lipinski definition) is 1. The summed E-state index contributed by atoms with van der Waals surface area (Å²) in [5, 5.41) is 0. The second-order valence-electron chi connectivity index (χ2n) is 6.66. The van der Waals surface area contributed by atoms with Gasteiger partial charge in [-0.1, -0.05) is 42.5 Å². The summed E-state index contributed by atoms with van der Waals surface area (Å²) >= 11 is 0. The Bertz CT molecular complexity index is 854. The quantitative estimate of drug-likeness (QED) is 0.862. The summed E-state index contributed by atoms with van der Waals surface area (Å²) in [6.45, 7) is 1.11. The minimum atomic E-state index is -3.08. The van der Waals surface area contributed by atoms with Crippen LogP contribution in [0.1, 0.15) is 27.4 Å². The summed E-state index contributed by atoms with van der Waals surface area (Å²) in [6, 6.07) is 16.7.